The Balaban J connectivity index is 1.33. The molecular weight excluding hydrogens is 392 g/mol. The molecule has 144 valence electrons. The standard InChI is InChI=1S/C20H20N4O2S2/c1-11-12(2)28-19-17(11)18(26)23-20(24-19)27-10-16(25)21-8-7-13-9-22-15-6-4-3-5-14(13)15/h3-6,9,22H,7-8,10H2,1-2H3,(H,21,25)(H,23,24,26). The number of nitrogens with one attached hydrogen (secondary N) is 3. The molecule has 0 saturated heterocycles. The maximum atomic E-state index is 12.3. The van der Waals surface area contributed by atoms with Crippen LogP contribution < -0.4 is 10.9 Å². The number of amides is 1. The first-order chi connectivity index (χ1) is 13.5. The SMILES string of the molecule is Cc1sc2nc(SCC(=O)NCCc3c[nH]c4ccccc34)[nH]c(=O)c2c1C. The molecule has 3 aromatic heterocycles. The maximum absolute atomic E-state index is 12.3. The lowest BCUT2D eigenvalue weighted by atomic mass is 10.1. The number of hydrogen-bond donors (Lipinski definition) is 3. The van der Waals surface area contributed by atoms with E-state index in [9.17, 15) is 9.59 Å². The highest BCUT2D eigenvalue weighted by Crippen LogP contribution is 2.27. The van der Waals surface area contributed by atoms with Gasteiger partial charge in [-0.3, -0.25) is 9.59 Å². The third-order valence-electron chi connectivity index (χ3n) is 4.75. The van der Waals surface area contributed by atoms with Crippen LogP contribution in [0, 0.1) is 13.8 Å². The Bertz CT molecular complexity index is 1220. The topological polar surface area (TPSA) is 90.6 Å². The molecule has 0 saturated carbocycles. The zero-order valence-electron chi connectivity index (χ0n) is 15.6. The summed E-state index contributed by atoms with van der Waals surface area (Å²) in [5.41, 5.74) is 3.11. The summed E-state index contributed by atoms with van der Waals surface area (Å²) < 4.78 is 0. The lowest BCUT2D eigenvalue weighted by molar-refractivity contribution is -0.118. The molecule has 1 amide bonds. The quantitative estimate of drug-likeness (QED) is 0.334. The first-order valence-corrected chi connectivity index (χ1v) is 10.8. The molecule has 4 aromatic rings. The van der Waals surface area contributed by atoms with Gasteiger partial charge in [-0.25, -0.2) is 4.98 Å². The van der Waals surface area contributed by atoms with Crippen LogP contribution in [0.2, 0.25) is 0 Å². The van der Waals surface area contributed by atoms with Gasteiger partial charge in [0.2, 0.25) is 5.91 Å². The number of H-pyrrole nitrogens is 2. The van der Waals surface area contributed by atoms with Gasteiger partial charge in [-0.2, -0.15) is 0 Å². The second-order valence-electron chi connectivity index (χ2n) is 6.58. The largest absolute Gasteiger partial charge is 0.361 e. The van der Waals surface area contributed by atoms with Gasteiger partial charge in [0.25, 0.3) is 5.56 Å². The van der Waals surface area contributed by atoms with Crippen molar-refractivity contribution in [3.63, 3.8) is 0 Å². The average molecular weight is 413 g/mol. The lowest BCUT2D eigenvalue weighted by Crippen LogP contribution is -2.27. The summed E-state index contributed by atoms with van der Waals surface area (Å²) in [6.07, 6.45) is 2.75. The third kappa shape index (κ3) is 3.70. The first kappa shape index (κ1) is 18.8. The normalized spacial score (nSPS) is 11.4. The monoisotopic (exact) mass is 412 g/mol. The van der Waals surface area contributed by atoms with Crippen LogP contribution in [-0.4, -0.2) is 33.2 Å². The Morgan fingerprint density at radius 1 is 1.29 bits per heavy atom. The second-order valence-corrected chi connectivity index (χ2v) is 8.75. The van der Waals surface area contributed by atoms with Crippen LogP contribution in [0.3, 0.4) is 0 Å². The molecule has 0 bridgehead atoms. The minimum Gasteiger partial charge on any atom is -0.361 e. The molecule has 4 rings (SSSR count). The summed E-state index contributed by atoms with van der Waals surface area (Å²) >= 11 is 2.75. The van der Waals surface area contributed by atoms with E-state index in [2.05, 4.69) is 26.3 Å². The predicted octanol–water partition coefficient (Wildman–Crippen LogP) is 3.53. The molecule has 0 unspecified atom stereocenters. The summed E-state index contributed by atoms with van der Waals surface area (Å²) in [5.74, 6) is 0.136. The van der Waals surface area contributed by atoms with Crippen LogP contribution in [0.15, 0.2) is 40.4 Å². The molecule has 6 nitrogen and oxygen atoms in total. The fraction of sp³-hybridized carbons (Fsp3) is 0.250. The Morgan fingerprint density at radius 2 is 2.11 bits per heavy atom. The fourth-order valence-corrected chi connectivity index (χ4v) is 4.94. The van der Waals surface area contributed by atoms with Crippen LogP contribution in [0.4, 0.5) is 0 Å². The molecule has 1 aromatic carbocycles. The minimum atomic E-state index is -0.144. The Hall–Kier alpha value is -2.58. The molecule has 0 radical (unpaired) electrons. The summed E-state index contributed by atoms with van der Waals surface area (Å²) in [6, 6.07) is 8.12. The number of para-hydroxylation sites is 1. The van der Waals surface area contributed by atoms with Gasteiger partial charge in [-0.15, -0.1) is 11.3 Å². The highest BCUT2D eigenvalue weighted by Gasteiger charge is 2.13. The number of aromatic nitrogens is 3. The Labute approximate surface area is 169 Å². The van der Waals surface area contributed by atoms with Gasteiger partial charge in [0, 0.05) is 28.5 Å². The number of aryl methyl sites for hydroxylation is 2. The van der Waals surface area contributed by atoms with Crippen LogP contribution in [0.25, 0.3) is 21.1 Å². The number of benzene rings is 1. The van der Waals surface area contributed by atoms with Gasteiger partial charge in [-0.05, 0) is 37.5 Å². The molecule has 0 aliphatic carbocycles. The van der Waals surface area contributed by atoms with Crippen molar-refractivity contribution in [1.82, 2.24) is 20.3 Å². The van der Waals surface area contributed by atoms with Crippen LogP contribution in [0.5, 0.6) is 0 Å². The first-order valence-electron chi connectivity index (χ1n) is 8.97. The molecule has 8 heteroatoms. The number of fused-ring (bicyclic) bond motifs is 2. The molecule has 3 N–H and O–H groups in total. The Morgan fingerprint density at radius 3 is 2.96 bits per heavy atom. The van der Waals surface area contributed by atoms with Crippen molar-refractivity contribution in [3.05, 3.63) is 56.8 Å². The molecular formula is C20H20N4O2S2. The van der Waals surface area contributed by atoms with E-state index in [1.807, 2.05) is 38.2 Å². The lowest BCUT2D eigenvalue weighted by Gasteiger charge is -2.05. The highest BCUT2D eigenvalue weighted by atomic mass is 32.2. The van der Waals surface area contributed by atoms with E-state index < -0.39 is 0 Å². The number of thioether (sulfide) groups is 1. The minimum absolute atomic E-state index is 0.0777. The number of carbonyl (C=O) groups is 1. The van der Waals surface area contributed by atoms with Crippen molar-refractivity contribution >= 4 is 50.1 Å². The van der Waals surface area contributed by atoms with Crippen LogP contribution >= 0.6 is 23.1 Å². The zero-order chi connectivity index (χ0) is 19.7. The van der Waals surface area contributed by atoms with Gasteiger partial charge in [0.15, 0.2) is 5.16 Å². The molecule has 0 atom stereocenters. The smallest absolute Gasteiger partial charge is 0.260 e. The van der Waals surface area contributed by atoms with E-state index in [1.54, 1.807) is 0 Å². The Kier molecular flexibility index (Phi) is 5.23. The summed E-state index contributed by atoms with van der Waals surface area (Å²) in [5, 5.41) is 5.24. The average Bonchev–Trinajstić information content (AvgIpc) is 3.21. The number of carbonyl (C=O) groups excluding carboxylic acids is 1. The highest BCUT2D eigenvalue weighted by molar-refractivity contribution is 7.99. The number of aromatic amines is 2. The van der Waals surface area contributed by atoms with Gasteiger partial charge in [0.05, 0.1) is 11.1 Å². The summed E-state index contributed by atoms with van der Waals surface area (Å²) in [6.45, 7) is 4.47. The van der Waals surface area contributed by atoms with Gasteiger partial charge in [0.1, 0.15) is 4.83 Å². The van der Waals surface area contributed by atoms with Crippen molar-refractivity contribution in [2.24, 2.45) is 0 Å². The van der Waals surface area contributed by atoms with Gasteiger partial charge >= 0.3 is 0 Å². The van der Waals surface area contributed by atoms with Crippen LogP contribution in [0.1, 0.15) is 16.0 Å². The van der Waals surface area contributed by atoms with Crippen molar-refractivity contribution in [2.45, 2.75) is 25.4 Å². The second kappa shape index (κ2) is 7.81. The molecule has 0 fully saturated rings. The van der Waals surface area contributed by atoms with Crippen molar-refractivity contribution in [3.8, 4) is 0 Å². The van der Waals surface area contributed by atoms with Crippen molar-refractivity contribution < 1.29 is 4.79 Å². The number of hydrogen-bond acceptors (Lipinski definition) is 5. The molecule has 0 spiro atoms. The number of nitrogens with zero attached hydrogens (tertiary/aromatic N) is 1. The van der Waals surface area contributed by atoms with E-state index in [-0.39, 0.29) is 17.2 Å². The molecule has 0 aliphatic heterocycles. The maximum Gasteiger partial charge on any atom is 0.260 e. The molecule has 0 aliphatic rings. The fourth-order valence-electron chi connectivity index (χ4n) is 3.16. The third-order valence-corrected chi connectivity index (χ3v) is 6.72. The number of thiophene rings is 1. The summed E-state index contributed by atoms with van der Waals surface area (Å²) in [4.78, 5) is 36.8. The van der Waals surface area contributed by atoms with Gasteiger partial charge in [-0.1, -0.05) is 30.0 Å². The van der Waals surface area contributed by atoms with E-state index in [0.29, 0.717) is 17.1 Å². The summed E-state index contributed by atoms with van der Waals surface area (Å²) in [7, 11) is 0. The molecule has 28 heavy (non-hydrogen) atoms. The van der Waals surface area contributed by atoms with Crippen molar-refractivity contribution in [2.75, 3.05) is 12.3 Å². The van der Waals surface area contributed by atoms with Crippen LogP contribution in [-0.2, 0) is 11.2 Å². The predicted molar refractivity (Wildman–Crippen MR) is 115 cm³/mol. The van der Waals surface area contributed by atoms with Crippen molar-refractivity contribution in [1.29, 1.82) is 0 Å². The van der Waals surface area contributed by atoms with Gasteiger partial charge < -0.3 is 15.3 Å². The molecule has 3 heterocycles. The number of rotatable bonds is 6. The zero-order valence-corrected chi connectivity index (χ0v) is 17.2. The van der Waals surface area contributed by atoms with E-state index in [1.165, 1.54) is 34.0 Å². The van der Waals surface area contributed by atoms with E-state index in [0.717, 1.165) is 27.2 Å². The van der Waals surface area contributed by atoms with E-state index in [4.69, 9.17) is 0 Å². The van der Waals surface area contributed by atoms with E-state index >= 15 is 0 Å².